The van der Waals surface area contributed by atoms with Crippen LogP contribution in [0.3, 0.4) is 0 Å². The highest BCUT2D eigenvalue weighted by Crippen LogP contribution is 2.41. The molecule has 3 heteroatoms. The minimum absolute atomic E-state index is 0.163. The monoisotopic (exact) mass is 291 g/mol. The van der Waals surface area contributed by atoms with Gasteiger partial charge in [-0.3, -0.25) is 0 Å². The Morgan fingerprint density at radius 2 is 1.86 bits per heavy atom. The first kappa shape index (κ1) is 15.0. The highest BCUT2D eigenvalue weighted by molar-refractivity contribution is 5.16. The van der Waals surface area contributed by atoms with Gasteiger partial charge in [-0.2, -0.15) is 0 Å². The Labute approximate surface area is 127 Å². The molecular weight excluding hydrogens is 265 g/mol. The molecule has 0 amide bonds. The lowest BCUT2D eigenvalue weighted by Crippen LogP contribution is -2.35. The molecule has 1 heterocycles. The summed E-state index contributed by atoms with van der Waals surface area (Å²) in [5.74, 6) is -0.163. The van der Waals surface area contributed by atoms with Gasteiger partial charge < -0.3 is 10.1 Å². The van der Waals surface area contributed by atoms with E-state index < -0.39 is 0 Å². The Hall–Kier alpha value is -0.930. The second-order valence-corrected chi connectivity index (χ2v) is 6.60. The van der Waals surface area contributed by atoms with Gasteiger partial charge >= 0.3 is 0 Å². The number of hydrogen-bond acceptors (Lipinski definition) is 2. The van der Waals surface area contributed by atoms with Crippen molar-refractivity contribution < 1.29 is 9.13 Å². The predicted octanol–water partition coefficient (Wildman–Crippen LogP) is 3.84. The molecule has 1 atom stereocenters. The van der Waals surface area contributed by atoms with Crippen LogP contribution in [-0.4, -0.2) is 24.8 Å². The van der Waals surface area contributed by atoms with E-state index in [2.05, 4.69) is 5.32 Å². The number of rotatable bonds is 5. The third-order valence-electron chi connectivity index (χ3n) is 4.98. The lowest BCUT2D eigenvalue weighted by atomic mass is 9.83. The first-order valence-electron chi connectivity index (χ1n) is 8.39. The first-order valence-corrected chi connectivity index (χ1v) is 8.39. The van der Waals surface area contributed by atoms with E-state index in [-0.39, 0.29) is 11.4 Å². The van der Waals surface area contributed by atoms with Crippen LogP contribution in [0.5, 0.6) is 0 Å². The van der Waals surface area contributed by atoms with Crippen LogP contribution >= 0.6 is 0 Å². The summed E-state index contributed by atoms with van der Waals surface area (Å²) in [5.41, 5.74) is 1.40. The van der Waals surface area contributed by atoms with Crippen LogP contribution in [0.1, 0.15) is 50.5 Å². The summed E-state index contributed by atoms with van der Waals surface area (Å²) in [5, 5.41) is 3.49. The second kappa shape index (κ2) is 6.89. The maximum absolute atomic E-state index is 12.8. The molecule has 1 aliphatic carbocycles. The molecule has 0 aromatic heterocycles. The topological polar surface area (TPSA) is 21.3 Å². The van der Waals surface area contributed by atoms with Crippen LogP contribution in [0.25, 0.3) is 0 Å². The van der Waals surface area contributed by atoms with Crippen molar-refractivity contribution in [3.05, 3.63) is 35.6 Å². The molecule has 2 nitrogen and oxygen atoms in total. The number of ether oxygens (including phenoxy) is 1. The SMILES string of the molecule is Fc1ccc(CCNCC2CCC3(CCCCC3)O2)cc1. The van der Waals surface area contributed by atoms with E-state index in [9.17, 15) is 4.39 Å². The van der Waals surface area contributed by atoms with Gasteiger partial charge in [-0.05, 0) is 56.3 Å². The lowest BCUT2D eigenvalue weighted by Gasteiger charge is -2.33. The van der Waals surface area contributed by atoms with Crippen molar-refractivity contribution in [1.82, 2.24) is 5.32 Å². The quantitative estimate of drug-likeness (QED) is 0.832. The van der Waals surface area contributed by atoms with E-state index >= 15 is 0 Å². The van der Waals surface area contributed by atoms with Gasteiger partial charge in [0, 0.05) is 6.54 Å². The van der Waals surface area contributed by atoms with Gasteiger partial charge in [-0.25, -0.2) is 4.39 Å². The average molecular weight is 291 g/mol. The van der Waals surface area contributed by atoms with Gasteiger partial charge in [0.05, 0.1) is 11.7 Å². The molecule has 116 valence electrons. The van der Waals surface area contributed by atoms with E-state index in [1.54, 1.807) is 0 Å². The zero-order valence-electron chi connectivity index (χ0n) is 12.7. The summed E-state index contributed by atoms with van der Waals surface area (Å²) in [6.07, 6.45) is 10.4. The van der Waals surface area contributed by atoms with Gasteiger partial charge in [0.25, 0.3) is 0 Å². The third-order valence-corrected chi connectivity index (χ3v) is 4.98. The standard InChI is InChI=1S/C18H26FNO/c19-16-6-4-15(5-7-16)9-13-20-14-17-8-12-18(21-17)10-2-1-3-11-18/h4-7,17,20H,1-3,8-14H2. The Morgan fingerprint density at radius 3 is 2.62 bits per heavy atom. The van der Waals surface area contributed by atoms with Gasteiger partial charge in [-0.15, -0.1) is 0 Å². The second-order valence-electron chi connectivity index (χ2n) is 6.60. The number of benzene rings is 1. The highest BCUT2D eigenvalue weighted by Gasteiger charge is 2.40. The normalized spacial score (nSPS) is 24.5. The molecule has 1 saturated carbocycles. The lowest BCUT2D eigenvalue weighted by molar-refractivity contribution is -0.0622. The van der Waals surface area contributed by atoms with E-state index in [4.69, 9.17) is 4.74 Å². The van der Waals surface area contributed by atoms with E-state index in [0.717, 1.165) is 19.5 Å². The highest BCUT2D eigenvalue weighted by atomic mass is 19.1. The number of nitrogens with one attached hydrogen (secondary N) is 1. The molecule has 1 saturated heterocycles. The van der Waals surface area contributed by atoms with Crippen LogP contribution in [-0.2, 0) is 11.2 Å². The fourth-order valence-corrected chi connectivity index (χ4v) is 3.75. The minimum Gasteiger partial charge on any atom is -0.370 e. The molecule has 1 N–H and O–H groups in total. The summed E-state index contributed by atoms with van der Waals surface area (Å²) in [4.78, 5) is 0. The largest absolute Gasteiger partial charge is 0.370 e. The molecule has 0 bridgehead atoms. The van der Waals surface area contributed by atoms with Crippen LogP contribution < -0.4 is 5.32 Å². The van der Waals surface area contributed by atoms with E-state index in [1.807, 2.05) is 12.1 Å². The summed E-state index contributed by atoms with van der Waals surface area (Å²) < 4.78 is 19.2. The Balaban J connectivity index is 1.35. The maximum Gasteiger partial charge on any atom is 0.123 e. The fraction of sp³-hybridized carbons (Fsp3) is 0.667. The van der Waals surface area contributed by atoms with Gasteiger partial charge in [0.15, 0.2) is 0 Å². The van der Waals surface area contributed by atoms with Crippen molar-refractivity contribution in [2.24, 2.45) is 0 Å². The fourth-order valence-electron chi connectivity index (χ4n) is 3.75. The summed E-state index contributed by atoms with van der Waals surface area (Å²) >= 11 is 0. The molecule has 1 aliphatic heterocycles. The van der Waals surface area contributed by atoms with E-state index in [0.29, 0.717) is 6.10 Å². The zero-order chi connectivity index (χ0) is 14.5. The first-order chi connectivity index (χ1) is 10.3. The average Bonchev–Trinajstić information content (AvgIpc) is 2.89. The van der Waals surface area contributed by atoms with Crippen molar-refractivity contribution in [3.8, 4) is 0 Å². The summed E-state index contributed by atoms with van der Waals surface area (Å²) in [6.45, 7) is 1.88. The molecule has 3 rings (SSSR count). The Kier molecular flexibility index (Phi) is 4.91. The summed E-state index contributed by atoms with van der Waals surface area (Å²) in [7, 11) is 0. The molecular formula is C18H26FNO. The molecule has 0 radical (unpaired) electrons. The van der Waals surface area contributed by atoms with Crippen LogP contribution in [0.2, 0.25) is 0 Å². The van der Waals surface area contributed by atoms with Gasteiger partial charge in [0.1, 0.15) is 5.82 Å². The molecule has 2 aliphatic rings. The smallest absolute Gasteiger partial charge is 0.123 e. The predicted molar refractivity (Wildman–Crippen MR) is 82.9 cm³/mol. The van der Waals surface area contributed by atoms with Crippen molar-refractivity contribution in [1.29, 1.82) is 0 Å². The Bertz CT molecular complexity index is 439. The molecule has 21 heavy (non-hydrogen) atoms. The van der Waals surface area contributed by atoms with Crippen LogP contribution in [0.4, 0.5) is 4.39 Å². The maximum atomic E-state index is 12.8. The molecule has 1 aromatic carbocycles. The molecule has 1 aromatic rings. The third kappa shape index (κ3) is 4.04. The van der Waals surface area contributed by atoms with Crippen LogP contribution in [0.15, 0.2) is 24.3 Å². The number of halogens is 1. The minimum atomic E-state index is -0.163. The number of hydrogen-bond donors (Lipinski definition) is 1. The summed E-state index contributed by atoms with van der Waals surface area (Å²) in [6, 6.07) is 6.78. The van der Waals surface area contributed by atoms with E-state index in [1.165, 1.54) is 62.6 Å². The Morgan fingerprint density at radius 1 is 1.10 bits per heavy atom. The molecule has 1 unspecified atom stereocenters. The van der Waals surface area contributed by atoms with Gasteiger partial charge in [-0.1, -0.05) is 31.4 Å². The zero-order valence-corrected chi connectivity index (χ0v) is 12.7. The van der Waals surface area contributed by atoms with Crippen LogP contribution in [0, 0.1) is 5.82 Å². The van der Waals surface area contributed by atoms with Gasteiger partial charge in [0.2, 0.25) is 0 Å². The van der Waals surface area contributed by atoms with Crippen molar-refractivity contribution in [3.63, 3.8) is 0 Å². The molecule has 1 spiro atoms. The van der Waals surface area contributed by atoms with Crippen molar-refractivity contribution in [2.45, 2.75) is 63.1 Å². The van der Waals surface area contributed by atoms with Crippen molar-refractivity contribution in [2.75, 3.05) is 13.1 Å². The van der Waals surface area contributed by atoms with Crippen molar-refractivity contribution >= 4 is 0 Å². The molecule has 2 fully saturated rings.